The maximum atomic E-state index is 6.56. The summed E-state index contributed by atoms with van der Waals surface area (Å²) in [6, 6.07) is 11.7. The van der Waals surface area contributed by atoms with Gasteiger partial charge in [0.25, 0.3) is 0 Å². The predicted molar refractivity (Wildman–Crippen MR) is 91.5 cm³/mol. The Morgan fingerprint density at radius 2 is 2.00 bits per heavy atom. The number of rotatable bonds is 3. The molecule has 3 aliphatic rings. The number of benzene rings is 1. The third-order valence-electron chi connectivity index (χ3n) is 5.91. The SMILES string of the molecule is C[C@@H](Cl)[C@@H]1C[C@@H]2CCC3(C[C@@H]2N1Cc1ccccc1)OCCO3. The summed E-state index contributed by atoms with van der Waals surface area (Å²) in [5.74, 6) is 0.406. The van der Waals surface area contributed by atoms with Crippen molar-refractivity contribution in [3.8, 4) is 0 Å². The molecule has 1 aliphatic carbocycles. The predicted octanol–water partition coefficient (Wildman–Crippen LogP) is 3.80. The summed E-state index contributed by atoms with van der Waals surface area (Å²) in [6.07, 6.45) is 4.43. The number of ether oxygens (including phenoxy) is 2. The average molecular weight is 336 g/mol. The van der Waals surface area contributed by atoms with E-state index in [1.807, 2.05) is 0 Å². The van der Waals surface area contributed by atoms with Crippen LogP contribution in [-0.4, -0.2) is 41.4 Å². The highest BCUT2D eigenvalue weighted by Crippen LogP contribution is 2.47. The zero-order valence-corrected chi connectivity index (χ0v) is 14.5. The van der Waals surface area contributed by atoms with Crippen LogP contribution >= 0.6 is 11.6 Å². The number of hydrogen-bond acceptors (Lipinski definition) is 3. The quantitative estimate of drug-likeness (QED) is 0.784. The van der Waals surface area contributed by atoms with Crippen molar-refractivity contribution in [1.29, 1.82) is 0 Å². The standard InChI is InChI=1S/C19H26ClNO2/c1-14(20)17-11-16-7-8-19(22-9-10-23-19)12-18(16)21(17)13-15-5-3-2-4-6-15/h2-6,14,16-18H,7-13H2,1H3/t14-,16+,17+,18+/m1/s1. The molecule has 1 spiro atoms. The smallest absolute Gasteiger partial charge is 0.170 e. The molecule has 23 heavy (non-hydrogen) atoms. The molecule has 3 nitrogen and oxygen atoms in total. The van der Waals surface area contributed by atoms with Crippen molar-refractivity contribution in [2.75, 3.05) is 13.2 Å². The molecule has 0 amide bonds. The molecule has 1 aromatic carbocycles. The molecule has 2 aliphatic heterocycles. The van der Waals surface area contributed by atoms with Gasteiger partial charge in [0, 0.05) is 36.8 Å². The molecule has 4 heteroatoms. The van der Waals surface area contributed by atoms with E-state index in [-0.39, 0.29) is 11.2 Å². The lowest BCUT2D eigenvalue weighted by atomic mass is 9.81. The fourth-order valence-corrected chi connectivity index (χ4v) is 5.03. The van der Waals surface area contributed by atoms with Gasteiger partial charge in [-0.3, -0.25) is 4.90 Å². The molecule has 1 saturated carbocycles. The molecular weight excluding hydrogens is 310 g/mol. The maximum Gasteiger partial charge on any atom is 0.170 e. The van der Waals surface area contributed by atoms with E-state index in [9.17, 15) is 0 Å². The van der Waals surface area contributed by atoms with Gasteiger partial charge in [0.1, 0.15) is 0 Å². The summed E-state index contributed by atoms with van der Waals surface area (Å²) in [6.45, 7) is 4.59. The van der Waals surface area contributed by atoms with Crippen LogP contribution in [-0.2, 0) is 16.0 Å². The molecule has 0 bridgehead atoms. The fraction of sp³-hybridized carbons (Fsp3) is 0.684. The van der Waals surface area contributed by atoms with Gasteiger partial charge in [-0.15, -0.1) is 11.6 Å². The van der Waals surface area contributed by atoms with E-state index in [0.717, 1.165) is 38.5 Å². The Balaban J connectivity index is 1.57. The highest BCUT2D eigenvalue weighted by molar-refractivity contribution is 6.20. The first-order valence-electron chi connectivity index (χ1n) is 8.88. The second-order valence-electron chi connectivity index (χ2n) is 7.32. The van der Waals surface area contributed by atoms with Crippen molar-refractivity contribution in [3.63, 3.8) is 0 Å². The van der Waals surface area contributed by atoms with E-state index < -0.39 is 0 Å². The highest BCUT2D eigenvalue weighted by Gasteiger charge is 2.52. The zero-order chi connectivity index (χ0) is 15.9. The second-order valence-corrected chi connectivity index (χ2v) is 8.00. The maximum absolute atomic E-state index is 6.56. The van der Waals surface area contributed by atoms with E-state index in [1.165, 1.54) is 18.4 Å². The largest absolute Gasteiger partial charge is 0.347 e. The normalized spacial score (nSPS) is 34.6. The van der Waals surface area contributed by atoms with Crippen molar-refractivity contribution >= 4 is 11.6 Å². The lowest BCUT2D eigenvalue weighted by molar-refractivity contribution is -0.192. The van der Waals surface area contributed by atoms with E-state index in [0.29, 0.717) is 12.1 Å². The second kappa shape index (κ2) is 6.36. The van der Waals surface area contributed by atoms with Crippen LogP contribution in [0.5, 0.6) is 0 Å². The fourth-order valence-electron chi connectivity index (χ4n) is 4.78. The van der Waals surface area contributed by atoms with Crippen molar-refractivity contribution in [1.82, 2.24) is 4.90 Å². The van der Waals surface area contributed by atoms with Gasteiger partial charge in [-0.05, 0) is 31.2 Å². The topological polar surface area (TPSA) is 21.7 Å². The first kappa shape index (κ1) is 15.9. The highest BCUT2D eigenvalue weighted by atomic mass is 35.5. The summed E-state index contributed by atoms with van der Waals surface area (Å²) < 4.78 is 12.0. The number of nitrogens with zero attached hydrogens (tertiary/aromatic N) is 1. The average Bonchev–Trinajstić information content (AvgIpc) is 3.14. The minimum atomic E-state index is -0.319. The van der Waals surface area contributed by atoms with E-state index in [4.69, 9.17) is 21.1 Å². The van der Waals surface area contributed by atoms with Crippen LogP contribution in [0.3, 0.4) is 0 Å². The van der Waals surface area contributed by atoms with Crippen LogP contribution in [0.4, 0.5) is 0 Å². The molecule has 4 atom stereocenters. The van der Waals surface area contributed by atoms with Crippen molar-refractivity contribution in [3.05, 3.63) is 35.9 Å². The van der Waals surface area contributed by atoms with E-state index >= 15 is 0 Å². The van der Waals surface area contributed by atoms with Crippen molar-refractivity contribution in [2.45, 2.75) is 62.4 Å². The summed E-state index contributed by atoms with van der Waals surface area (Å²) >= 11 is 6.56. The van der Waals surface area contributed by atoms with Crippen LogP contribution in [0.2, 0.25) is 0 Å². The Labute approximate surface area is 143 Å². The summed E-state index contributed by atoms with van der Waals surface area (Å²) in [5, 5.41) is 0.172. The van der Waals surface area contributed by atoms with Crippen molar-refractivity contribution < 1.29 is 9.47 Å². The monoisotopic (exact) mass is 335 g/mol. The Morgan fingerprint density at radius 3 is 2.70 bits per heavy atom. The molecule has 0 radical (unpaired) electrons. The van der Waals surface area contributed by atoms with Crippen LogP contribution in [0, 0.1) is 5.92 Å². The molecule has 1 aromatic rings. The number of halogens is 1. The zero-order valence-electron chi connectivity index (χ0n) is 13.8. The van der Waals surface area contributed by atoms with Gasteiger partial charge in [-0.1, -0.05) is 30.3 Å². The minimum absolute atomic E-state index is 0.172. The Morgan fingerprint density at radius 1 is 1.26 bits per heavy atom. The molecule has 0 unspecified atom stereocenters. The lowest BCUT2D eigenvalue weighted by Crippen LogP contribution is -2.48. The number of hydrogen-bond donors (Lipinski definition) is 0. The lowest BCUT2D eigenvalue weighted by Gasteiger charge is -2.42. The number of alkyl halides is 1. The number of fused-ring (bicyclic) bond motifs is 1. The van der Waals surface area contributed by atoms with Crippen LogP contribution in [0.1, 0.15) is 38.2 Å². The van der Waals surface area contributed by atoms with Gasteiger partial charge >= 0.3 is 0 Å². The summed E-state index contributed by atoms with van der Waals surface area (Å²) in [5.41, 5.74) is 1.36. The van der Waals surface area contributed by atoms with Gasteiger partial charge < -0.3 is 9.47 Å². The van der Waals surface area contributed by atoms with Gasteiger partial charge in [0.2, 0.25) is 0 Å². The Bertz CT molecular complexity index is 529. The van der Waals surface area contributed by atoms with Gasteiger partial charge in [0.15, 0.2) is 5.79 Å². The van der Waals surface area contributed by atoms with E-state index in [1.54, 1.807) is 0 Å². The van der Waals surface area contributed by atoms with Crippen LogP contribution < -0.4 is 0 Å². The van der Waals surface area contributed by atoms with Gasteiger partial charge in [-0.2, -0.15) is 0 Å². The van der Waals surface area contributed by atoms with E-state index in [2.05, 4.69) is 42.2 Å². The minimum Gasteiger partial charge on any atom is -0.347 e. The molecule has 126 valence electrons. The summed E-state index contributed by atoms with van der Waals surface area (Å²) in [7, 11) is 0. The number of likely N-dealkylation sites (tertiary alicyclic amines) is 1. The molecule has 2 saturated heterocycles. The Hall–Kier alpha value is -0.610. The molecule has 3 fully saturated rings. The first-order valence-corrected chi connectivity index (χ1v) is 9.32. The third-order valence-corrected chi connectivity index (χ3v) is 6.20. The molecule has 0 aromatic heterocycles. The molecule has 4 rings (SSSR count). The third kappa shape index (κ3) is 3.05. The Kier molecular flexibility index (Phi) is 4.39. The first-order chi connectivity index (χ1) is 11.2. The van der Waals surface area contributed by atoms with Crippen LogP contribution in [0.25, 0.3) is 0 Å². The summed E-state index contributed by atoms with van der Waals surface area (Å²) in [4.78, 5) is 2.63. The van der Waals surface area contributed by atoms with Gasteiger partial charge in [-0.25, -0.2) is 0 Å². The molecule has 2 heterocycles. The van der Waals surface area contributed by atoms with Crippen LogP contribution in [0.15, 0.2) is 30.3 Å². The molecule has 0 N–H and O–H groups in total. The van der Waals surface area contributed by atoms with Gasteiger partial charge in [0.05, 0.1) is 13.2 Å². The van der Waals surface area contributed by atoms with Crippen molar-refractivity contribution in [2.24, 2.45) is 5.92 Å². The molecular formula is C19H26ClNO2.